The van der Waals surface area contributed by atoms with Crippen molar-refractivity contribution in [1.82, 2.24) is 10.6 Å². The van der Waals surface area contributed by atoms with E-state index in [1.54, 1.807) is 29.3 Å². The highest BCUT2D eigenvalue weighted by Crippen LogP contribution is 2.54. The lowest BCUT2D eigenvalue weighted by atomic mass is 9.60. The molecule has 3 aliphatic carbocycles. The molecule has 1 unspecified atom stereocenters. The first kappa shape index (κ1) is 21.4. The van der Waals surface area contributed by atoms with Crippen molar-refractivity contribution in [3.8, 4) is 0 Å². The Morgan fingerprint density at radius 3 is 1.93 bits per heavy atom. The summed E-state index contributed by atoms with van der Waals surface area (Å²) in [5.74, 6) is 2.44. The largest absolute Gasteiger partial charge is 0.333 e. The molecule has 4 heteroatoms. The van der Waals surface area contributed by atoms with Gasteiger partial charge in [-0.3, -0.25) is 15.1 Å². The molecule has 0 aromatic heterocycles. The SMILES string of the molecule is C=CNC(=NC)NC=O.CC.CC1CC2c3ccccc3C1c1ccccc12. The van der Waals surface area contributed by atoms with Crippen molar-refractivity contribution in [2.45, 2.75) is 39.0 Å². The van der Waals surface area contributed by atoms with Crippen LogP contribution in [0.3, 0.4) is 0 Å². The lowest BCUT2D eigenvalue weighted by molar-refractivity contribution is -0.108. The predicted octanol–water partition coefficient (Wildman–Crippen LogP) is 4.78. The molecule has 5 rings (SSSR count). The molecule has 1 amide bonds. The van der Waals surface area contributed by atoms with Crippen LogP contribution in [0.2, 0.25) is 0 Å². The van der Waals surface area contributed by atoms with Gasteiger partial charge in [-0.25, -0.2) is 0 Å². The second-order valence-corrected chi connectivity index (χ2v) is 6.68. The molecule has 0 saturated carbocycles. The van der Waals surface area contributed by atoms with Crippen LogP contribution in [0.1, 0.15) is 61.3 Å². The fourth-order valence-corrected chi connectivity index (χ4v) is 4.26. The third-order valence-corrected chi connectivity index (χ3v) is 5.25. The Balaban J connectivity index is 0.000000220. The van der Waals surface area contributed by atoms with E-state index in [0.717, 1.165) is 5.92 Å². The van der Waals surface area contributed by atoms with E-state index < -0.39 is 0 Å². The van der Waals surface area contributed by atoms with E-state index in [-0.39, 0.29) is 0 Å². The molecule has 2 N–H and O–H groups in total. The number of fused-ring (bicyclic) bond motifs is 1. The maximum Gasteiger partial charge on any atom is 0.213 e. The minimum Gasteiger partial charge on any atom is -0.333 e. The molecule has 0 heterocycles. The number of nitrogens with zero attached hydrogens (tertiary/aromatic N) is 1. The van der Waals surface area contributed by atoms with Gasteiger partial charge in [-0.15, -0.1) is 0 Å². The van der Waals surface area contributed by atoms with Crippen molar-refractivity contribution in [1.29, 1.82) is 0 Å². The number of amides is 1. The van der Waals surface area contributed by atoms with Crippen LogP contribution in [0.4, 0.5) is 0 Å². The van der Waals surface area contributed by atoms with Crippen LogP contribution in [0, 0.1) is 5.92 Å². The Hall–Kier alpha value is -2.88. The number of carbonyl (C=O) groups is 1. The highest BCUT2D eigenvalue weighted by atomic mass is 16.1. The Kier molecular flexibility index (Phi) is 8.00. The molecular weight excluding hydrogens is 346 g/mol. The number of benzene rings is 2. The van der Waals surface area contributed by atoms with Crippen molar-refractivity contribution in [3.63, 3.8) is 0 Å². The summed E-state index contributed by atoms with van der Waals surface area (Å²) in [6, 6.07) is 18.1. The van der Waals surface area contributed by atoms with Gasteiger partial charge in [0.25, 0.3) is 0 Å². The van der Waals surface area contributed by atoms with Crippen molar-refractivity contribution in [2.24, 2.45) is 10.9 Å². The lowest BCUT2D eigenvalue weighted by Gasteiger charge is -2.44. The van der Waals surface area contributed by atoms with Crippen LogP contribution in [-0.2, 0) is 4.79 Å². The highest BCUT2D eigenvalue weighted by molar-refractivity contribution is 5.89. The average Bonchev–Trinajstić information content (AvgIpc) is 2.75. The molecule has 1 atom stereocenters. The van der Waals surface area contributed by atoms with Gasteiger partial charge in [0, 0.05) is 18.9 Å². The summed E-state index contributed by atoms with van der Waals surface area (Å²) >= 11 is 0. The molecule has 0 fully saturated rings. The van der Waals surface area contributed by atoms with E-state index in [0.29, 0.717) is 24.2 Å². The number of rotatable bonds is 2. The number of hydrogen-bond acceptors (Lipinski definition) is 2. The summed E-state index contributed by atoms with van der Waals surface area (Å²) in [5, 5.41) is 4.92. The van der Waals surface area contributed by atoms with E-state index in [1.807, 2.05) is 13.8 Å². The summed E-state index contributed by atoms with van der Waals surface area (Å²) in [5.41, 5.74) is 6.31. The van der Waals surface area contributed by atoms with Gasteiger partial charge in [0.15, 0.2) is 0 Å². The number of hydrogen-bond donors (Lipinski definition) is 2. The van der Waals surface area contributed by atoms with Crippen LogP contribution in [0.5, 0.6) is 0 Å². The molecular formula is C24H31N3O. The van der Waals surface area contributed by atoms with Gasteiger partial charge in [0.2, 0.25) is 12.4 Å². The second-order valence-electron chi connectivity index (χ2n) is 6.68. The van der Waals surface area contributed by atoms with E-state index in [2.05, 4.69) is 77.7 Å². The molecule has 0 aliphatic heterocycles. The summed E-state index contributed by atoms with van der Waals surface area (Å²) < 4.78 is 0. The molecule has 2 aromatic carbocycles. The first-order valence-corrected chi connectivity index (χ1v) is 9.93. The number of carbonyl (C=O) groups excluding carboxylic acids is 1. The highest BCUT2D eigenvalue weighted by Gasteiger charge is 2.40. The van der Waals surface area contributed by atoms with Gasteiger partial charge in [-0.2, -0.15) is 0 Å². The zero-order valence-corrected chi connectivity index (χ0v) is 17.3. The Morgan fingerprint density at radius 2 is 1.50 bits per heavy atom. The number of guanidine groups is 1. The molecule has 0 radical (unpaired) electrons. The maximum absolute atomic E-state index is 9.78. The fraction of sp³-hybridized carbons (Fsp3) is 0.333. The lowest BCUT2D eigenvalue weighted by Crippen LogP contribution is -2.32. The average molecular weight is 378 g/mol. The normalized spacial score (nSPS) is 20.9. The fourth-order valence-electron chi connectivity index (χ4n) is 4.26. The second kappa shape index (κ2) is 10.5. The van der Waals surface area contributed by atoms with E-state index in [4.69, 9.17) is 0 Å². The molecule has 2 aromatic rings. The topological polar surface area (TPSA) is 53.5 Å². The molecule has 0 saturated heterocycles. The Bertz CT molecular complexity index is 769. The van der Waals surface area contributed by atoms with Gasteiger partial charge >= 0.3 is 0 Å². The molecule has 4 nitrogen and oxygen atoms in total. The minimum atomic E-state index is 0.389. The van der Waals surface area contributed by atoms with Crippen molar-refractivity contribution >= 4 is 12.4 Å². The van der Waals surface area contributed by atoms with E-state index in [9.17, 15) is 4.79 Å². The van der Waals surface area contributed by atoms with Gasteiger partial charge in [-0.05, 0) is 40.8 Å². The molecule has 2 bridgehead atoms. The number of nitrogens with one attached hydrogen (secondary N) is 2. The van der Waals surface area contributed by atoms with Gasteiger partial charge in [0.1, 0.15) is 0 Å². The smallest absolute Gasteiger partial charge is 0.213 e. The zero-order chi connectivity index (χ0) is 20.5. The summed E-state index contributed by atoms with van der Waals surface area (Å²) in [6.45, 7) is 9.79. The molecule has 0 spiro atoms. The van der Waals surface area contributed by atoms with Crippen molar-refractivity contribution < 1.29 is 4.79 Å². The van der Waals surface area contributed by atoms with Crippen molar-refractivity contribution in [3.05, 3.63) is 83.6 Å². The van der Waals surface area contributed by atoms with Crippen molar-refractivity contribution in [2.75, 3.05) is 7.05 Å². The monoisotopic (exact) mass is 377 g/mol. The van der Waals surface area contributed by atoms with E-state index >= 15 is 0 Å². The predicted molar refractivity (Wildman–Crippen MR) is 118 cm³/mol. The quantitative estimate of drug-likeness (QED) is 0.449. The summed E-state index contributed by atoms with van der Waals surface area (Å²) in [7, 11) is 1.56. The van der Waals surface area contributed by atoms with Gasteiger partial charge in [0.05, 0.1) is 0 Å². The van der Waals surface area contributed by atoms with Crippen LogP contribution < -0.4 is 10.6 Å². The minimum absolute atomic E-state index is 0.389. The molecule has 148 valence electrons. The Labute approximate surface area is 168 Å². The van der Waals surface area contributed by atoms with Crippen LogP contribution >= 0.6 is 0 Å². The van der Waals surface area contributed by atoms with Crippen LogP contribution in [0.15, 0.2) is 66.3 Å². The summed E-state index contributed by atoms with van der Waals surface area (Å²) in [4.78, 5) is 13.4. The van der Waals surface area contributed by atoms with Crippen LogP contribution in [0.25, 0.3) is 0 Å². The first-order valence-electron chi connectivity index (χ1n) is 9.93. The standard InChI is InChI=1S/C17H16.C5H9N3O.C2H6/c1-11-10-16-12-6-2-4-8-14(12)17(11)15-9-5-3-7-13(15)16;1-3-7-5(6-2)8-4-9;1-2/h2-9,11,16-17H,10H2,1H3;3-4H,1H2,2H3,(H2,6,7,8,9);1-2H3. The van der Waals surface area contributed by atoms with Crippen LogP contribution in [-0.4, -0.2) is 19.4 Å². The zero-order valence-electron chi connectivity index (χ0n) is 17.3. The Morgan fingerprint density at radius 1 is 1.00 bits per heavy atom. The molecule has 28 heavy (non-hydrogen) atoms. The van der Waals surface area contributed by atoms with E-state index in [1.165, 1.54) is 12.6 Å². The van der Waals surface area contributed by atoms with Gasteiger partial charge in [-0.1, -0.05) is 75.9 Å². The molecule has 3 aliphatic rings. The number of aliphatic imine (C=N–C) groups is 1. The summed E-state index contributed by atoms with van der Waals surface area (Å²) in [6.07, 6.45) is 3.29. The maximum atomic E-state index is 9.78. The third kappa shape index (κ3) is 4.33. The first-order chi connectivity index (χ1) is 13.7. The third-order valence-electron chi connectivity index (χ3n) is 5.25. The van der Waals surface area contributed by atoms with Gasteiger partial charge < -0.3 is 5.32 Å².